The van der Waals surface area contributed by atoms with Crippen molar-refractivity contribution in [2.24, 2.45) is 0 Å². The Hall–Kier alpha value is -3.53. The van der Waals surface area contributed by atoms with Crippen molar-refractivity contribution < 1.29 is 4.92 Å². The van der Waals surface area contributed by atoms with Crippen LogP contribution in [0.4, 0.5) is 17.2 Å². The SMILES string of the molecule is Cc1nccc(N2CCN(c3cnn(-c4ccc([N+](=O)[O-])cc4)c(=O)c3Cl)CC2)n1. The Morgan fingerprint density at radius 2 is 1.73 bits per heavy atom. The van der Waals surface area contributed by atoms with Crippen LogP contribution in [0.5, 0.6) is 0 Å². The fourth-order valence-corrected chi connectivity index (χ4v) is 3.59. The number of non-ortho nitro benzene ring substituents is 1. The highest BCUT2D eigenvalue weighted by molar-refractivity contribution is 6.33. The molecule has 0 unspecified atom stereocenters. The number of aromatic nitrogens is 4. The maximum Gasteiger partial charge on any atom is 0.292 e. The number of benzene rings is 1. The van der Waals surface area contributed by atoms with Gasteiger partial charge in [-0.05, 0) is 25.1 Å². The van der Waals surface area contributed by atoms with E-state index in [1.165, 1.54) is 24.3 Å². The monoisotopic (exact) mass is 427 g/mol. The van der Waals surface area contributed by atoms with Gasteiger partial charge in [0.05, 0.1) is 22.5 Å². The van der Waals surface area contributed by atoms with Gasteiger partial charge in [0.2, 0.25) is 0 Å². The van der Waals surface area contributed by atoms with Crippen molar-refractivity contribution in [2.45, 2.75) is 6.92 Å². The molecule has 0 atom stereocenters. The lowest BCUT2D eigenvalue weighted by Gasteiger charge is -2.36. The Bertz CT molecular complexity index is 1140. The molecule has 1 aliphatic heterocycles. The number of rotatable bonds is 4. The summed E-state index contributed by atoms with van der Waals surface area (Å²) >= 11 is 6.38. The van der Waals surface area contributed by atoms with Gasteiger partial charge in [0, 0.05) is 44.5 Å². The van der Waals surface area contributed by atoms with Crippen LogP contribution in [-0.4, -0.2) is 50.9 Å². The summed E-state index contributed by atoms with van der Waals surface area (Å²) in [7, 11) is 0. The van der Waals surface area contributed by atoms with Crippen molar-refractivity contribution in [3.63, 3.8) is 0 Å². The number of hydrogen-bond donors (Lipinski definition) is 0. The van der Waals surface area contributed by atoms with Crippen LogP contribution >= 0.6 is 11.6 Å². The standard InChI is InChI=1S/C19H18ClN7O3/c1-13-21-7-6-17(23-13)25-10-8-24(9-11-25)16-12-22-26(19(28)18(16)20)14-2-4-15(5-3-14)27(29)30/h2-7,12H,8-11H2,1H3. The first kappa shape index (κ1) is 19.8. The first-order valence-electron chi connectivity index (χ1n) is 9.26. The number of aryl methyl sites for hydroxylation is 1. The summed E-state index contributed by atoms with van der Waals surface area (Å²) in [6.45, 7) is 4.61. The topological polar surface area (TPSA) is 110 Å². The fraction of sp³-hybridized carbons (Fsp3) is 0.263. The third-order valence-corrected chi connectivity index (χ3v) is 5.27. The first-order valence-corrected chi connectivity index (χ1v) is 9.64. The lowest BCUT2D eigenvalue weighted by Crippen LogP contribution is -2.47. The summed E-state index contributed by atoms with van der Waals surface area (Å²) in [6.07, 6.45) is 3.29. The van der Waals surface area contributed by atoms with E-state index >= 15 is 0 Å². The molecule has 30 heavy (non-hydrogen) atoms. The number of halogens is 1. The minimum absolute atomic E-state index is 0.0636. The number of nitro benzene ring substituents is 1. The summed E-state index contributed by atoms with van der Waals surface area (Å²) in [5.41, 5.74) is 0.435. The molecule has 0 aliphatic carbocycles. The fourth-order valence-electron chi connectivity index (χ4n) is 3.34. The molecule has 4 rings (SSSR count). The zero-order valence-electron chi connectivity index (χ0n) is 16.1. The molecule has 0 N–H and O–H groups in total. The molecule has 3 aromatic rings. The van der Waals surface area contributed by atoms with Crippen LogP contribution in [0.2, 0.25) is 5.02 Å². The van der Waals surface area contributed by atoms with E-state index < -0.39 is 10.5 Å². The van der Waals surface area contributed by atoms with Crippen LogP contribution in [0.1, 0.15) is 5.82 Å². The minimum atomic E-state index is -0.501. The van der Waals surface area contributed by atoms with Gasteiger partial charge in [0.1, 0.15) is 16.7 Å². The van der Waals surface area contributed by atoms with Gasteiger partial charge < -0.3 is 9.80 Å². The van der Waals surface area contributed by atoms with E-state index in [4.69, 9.17) is 11.6 Å². The van der Waals surface area contributed by atoms with Crippen LogP contribution in [0, 0.1) is 17.0 Å². The molecule has 154 valence electrons. The number of nitro groups is 1. The van der Waals surface area contributed by atoms with Crippen LogP contribution < -0.4 is 15.4 Å². The largest absolute Gasteiger partial charge is 0.365 e. The molecule has 10 nitrogen and oxygen atoms in total. The molecule has 1 saturated heterocycles. The van der Waals surface area contributed by atoms with E-state index in [1.54, 1.807) is 12.4 Å². The Kier molecular flexibility index (Phi) is 5.32. The average molecular weight is 428 g/mol. The number of anilines is 2. The quantitative estimate of drug-likeness (QED) is 0.460. The normalized spacial score (nSPS) is 14.1. The van der Waals surface area contributed by atoms with Crippen molar-refractivity contribution in [1.82, 2.24) is 19.7 Å². The third-order valence-electron chi connectivity index (χ3n) is 4.91. The molecular weight excluding hydrogens is 410 g/mol. The van der Waals surface area contributed by atoms with Crippen LogP contribution in [0.15, 0.2) is 47.5 Å². The maximum absolute atomic E-state index is 12.8. The van der Waals surface area contributed by atoms with Gasteiger partial charge in [0.15, 0.2) is 0 Å². The van der Waals surface area contributed by atoms with Gasteiger partial charge in [-0.25, -0.2) is 9.97 Å². The molecule has 1 aliphatic rings. The van der Waals surface area contributed by atoms with Gasteiger partial charge in [-0.2, -0.15) is 9.78 Å². The molecule has 1 aromatic carbocycles. The molecule has 2 aromatic heterocycles. The van der Waals surface area contributed by atoms with Gasteiger partial charge in [0.25, 0.3) is 11.2 Å². The zero-order chi connectivity index (χ0) is 21.3. The molecule has 0 saturated carbocycles. The summed E-state index contributed by atoms with van der Waals surface area (Å²) in [5.74, 6) is 1.59. The number of hydrogen-bond acceptors (Lipinski definition) is 8. The van der Waals surface area contributed by atoms with Crippen molar-refractivity contribution in [1.29, 1.82) is 0 Å². The Morgan fingerprint density at radius 1 is 1.07 bits per heavy atom. The molecule has 11 heteroatoms. The van der Waals surface area contributed by atoms with Crippen molar-refractivity contribution in [3.05, 3.63) is 74.0 Å². The van der Waals surface area contributed by atoms with Crippen molar-refractivity contribution in [3.8, 4) is 5.69 Å². The van der Waals surface area contributed by atoms with Gasteiger partial charge in [-0.15, -0.1) is 0 Å². The van der Waals surface area contributed by atoms with Crippen molar-refractivity contribution >= 4 is 28.8 Å². The van der Waals surface area contributed by atoms with Gasteiger partial charge >= 0.3 is 0 Å². The molecule has 3 heterocycles. The van der Waals surface area contributed by atoms with Gasteiger partial charge in [-0.1, -0.05) is 11.6 Å². The van der Waals surface area contributed by atoms with Gasteiger partial charge in [-0.3, -0.25) is 14.9 Å². The van der Waals surface area contributed by atoms with Crippen LogP contribution in [0.25, 0.3) is 5.69 Å². The van der Waals surface area contributed by atoms with E-state index in [9.17, 15) is 14.9 Å². The van der Waals surface area contributed by atoms with Crippen molar-refractivity contribution in [2.75, 3.05) is 36.0 Å². The molecule has 1 fully saturated rings. The lowest BCUT2D eigenvalue weighted by molar-refractivity contribution is -0.384. The summed E-state index contributed by atoms with van der Waals surface area (Å²) in [4.78, 5) is 35.8. The van der Waals surface area contributed by atoms with E-state index in [1.807, 2.05) is 17.9 Å². The molecule has 0 bridgehead atoms. The van der Waals surface area contributed by atoms with E-state index in [2.05, 4.69) is 20.0 Å². The Balaban J connectivity index is 1.53. The highest BCUT2D eigenvalue weighted by Crippen LogP contribution is 2.24. The van der Waals surface area contributed by atoms with Crippen LogP contribution in [0.3, 0.4) is 0 Å². The molecule has 0 spiro atoms. The summed E-state index contributed by atoms with van der Waals surface area (Å²) in [5, 5.41) is 15.1. The van der Waals surface area contributed by atoms with Crippen LogP contribution in [-0.2, 0) is 0 Å². The second kappa shape index (κ2) is 8.07. The van der Waals surface area contributed by atoms with E-state index in [0.717, 1.165) is 29.4 Å². The average Bonchev–Trinajstić information content (AvgIpc) is 2.76. The second-order valence-corrected chi connectivity index (χ2v) is 7.15. The molecular formula is C19H18ClN7O3. The molecule has 0 radical (unpaired) electrons. The summed E-state index contributed by atoms with van der Waals surface area (Å²) in [6, 6.07) is 7.44. The first-order chi connectivity index (χ1) is 14.4. The minimum Gasteiger partial charge on any atom is -0.365 e. The lowest BCUT2D eigenvalue weighted by atomic mass is 10.2. The highest BCUT2D eigenvalue weighted by Gasteiger charge is 2.22. The Labute approximate surface area is 176 Å². The van der Waals surface area contributed by atoms with E-state index in [0.29, 0.717) is 24.5 Å². The molecule has 0 amide bonds. The maximum atomic E-state index is 12.8. The predicted molar refractivity (Wildman–Crippen MR) is 113 cm³/mol. The Morgan fingerprint density at radius 3 is 2.37 bits per heavy atom. The summed E-state index contributed by atoms with van der Waals surface area (Å²) < 4.78 is 1.13. The number of piperazine rings is 1. The second-order valence-electron chi connectivity index (χ2n) is 6.77. The number of nitrogens with zero attached hydrogens (tertiary/aromatic N) is 7. The third kappa shape index (κ3) is 3.81. The zero-order valence-corrected chi connectivity index (χ0v) is 16.9. The predicted octanol–water partition coefficient (Wildman–Crippen LogP) is 2.22. The smallest absolute Gasteiger partial charge is 0.292 e. The highest BCUT2D eigenvalue weighted by atomic mass is 35.5. The van der Waals surface area contributed by atoms with E-state index in [-0.39, 0.29) is 10.7 Å².